The molecule has 0 fully saturated rings. The van der Waals surface area contributed by atoms with Crippen molar-refractivity contribution in [3.63, 3.8) is 0 Å². The molecule has 0 aliphatic heterocycles. The number of ether oxygens (including phenoxy) is 1. The summed E-state index contributed by atoms with van der Waals surface area (Å²) in [5, 5.41) is 8.12. The van der Waals surface area contributed by atoms with Crippen LogP contribution in [0.3, 0.4) is 0 Å². The van der Waals surface area contributed by atoms with E-state index in [1.54, 1.807) is 0 Å². The van der Waals surface area contributed by atoms with E-state index in [-0.39, 0.29) is 6.61 Å². The van der Waals surface area contributed by atoms with E-state index >= 15 is 0 Å². The van der Waals surface area contributed by atoms with Crippen LogP contribution in [-0.4, -0.2) is 10.2 Å². The fourth-order valence-electron chi connectivity index (χ4n) is 2.35. The summed E-state index contributed by atoms with van der Waals surface area (Å²) in [7, 11) is 0. The lowest BCUT2D eigenvalue weighted by Crippen LogP contribution is -1.99. The van der Waals surface area contributed by atoms with Gasteiger partial charge in [-0.15, -0.1) is 10.2 Å². The summed E-state index contributed by atoms with van der Waals surface area (Å²) in [6, 6.07) is 16.1. The average Bonchev–Trinajstić information content (AvgIpc) is 2.95. The van der Waals surface area contributed by atoms with E-state index < -0.39 is 0 Å². The van der Waals surface area contributed by atoms with Crippen molar-refractivity contribution < 1.29 is 9.15 Å². The highest BCUT2D eigenvalue weighted by Crippen LogP contribution is 2.23. The summed E-state index contributed by atoms with van der Waals surface area (Å²) in [5.41, 5.74) is 3.35. The van der Waals surface area contributed by atoms with Gasteiger partial charge in [0.1, 0.15) is 5.75 Å². The topological polar surface area (TPSA) is 48.2 Å². The highest BCUT2D eigenvalue weighted by atomic mass is 16.5. The number of rotatable bonds is 5. The van der Waals surface area contributed by atoms with Gasteiger partial charge in [0.05, 0.1) is 6.42 Å². The second-order valence-corrected chi connectivity index (χ2v) is 5.26. The lowest BCUT2D eigenvalue weighted by molar-refractivity contribution is 0.256. The van der Waals surface area contributed by atoms with Gasteiger partial charge in [-0.25, -0.2) is 0 Å². The maximum Gasteiger partial charge on any atom is 0.253 e. The third-order valence-electron chi connectivity index (χ3n) is 3.46. The van der Waals surface area contributed by atoms with Gasteiger partial charge in [0.25, 0.3) is 5.89 Å². The first-order valence-electron chi connectivity index (χ1n) is 7.26. The minimum Gasteiger partial charge on any atom is -0.483 e. The first-order valence-corrected chi connectivity index (χ1v) is 7.26. The summed E-state index contributed by atoms with van der Waals surface area (Å²) in [6.07, 6.45) is 0.636. The predicted molar refractivity (Wildman–Crippen MR) is 83.8 cm³/mol. The molecule has 0 bridgehead atoms. The monoisotopic (exact) mass is 294 g/mol. The lowest BCUT2D eigenvalue weighted by Gasteiger charge is -2.09. The quantitative estimate of drug-likeness (QED) is 0.717. The molecule has 3 rings (SSSR count). The van der Waals surface area contributed by atoms with Gasteiger partial charge in [-0.3, -0.25) is 0 Å². The van der Waals surface area contributed by atoms with Crippen LogP contribution in [0.2, 0.25) is 0 Å². The number of benzene rings is 2. The Morgan fingerprint density at radius 2 is 1.55 bits per heavy atom. The largest absolute Gasteiger partial charge is 0.483 e. The van der Waals surface area contributed by atoms with Crippen LogP contribution in [0.5, 0.6) is 5.75 Å². The molecule has 0 amide bonds. The van der Waals surface area contributed by atoms with Crippen LogP contribution in [0.1, 0.15) is 28.5 Å². The molecule has 0 N–H and O–H groups in total. The Kier molecular flexibility index (Phi) is 4.19. The fourth-order valence-corrected chi connectivity index (χ4v) is 2.35. The van der Waals surface area contributed by atoms with E-state index in [9.17, 15) is 0 Å². The second kappa shape index (κ2) is 6.43. The number of aryl methyl sites for hydroxylation is 2. The maximum absolute atomic E-state index is 5.82. The van der Waals surface area contributed by atoms with Crippen molar-refractivity contribution >= 4 is 0 Å². The molecule has 3 aromatic rings. The molecule has 0 unspecified atom stereocenters. The van der Waals surface area contributed by atoms with Gasteiger partial charge in [-0.05, 0) is 30.5 Å². The van der Waals surface area contributed by atoms with Crippen molar-refractivity contribution in [1.82, 2.24) is 10.2 Å². The number of hydrogen-bond donors (Lipinski definition) is 0. The molecule has 0 saturated carbocycles. The van der Waals surface area contributed by atoms with E-state index in [1.165, 1.54) is 0 Å². The van der Waals surface area contributed by atoms with Crippen molar-refractivity contribution in [3.05, 3.63) is 77.0 Å². The molecule has 0 spiro atoms. The Morgan fingerprint density at radius 1 is 0.864 bits per heavy atom. The van der Waals surface area contributed by atoms with Gasteiger partial charge in [-0.1, -0.05) is 48.5 Å². The maximum atomic E-state index is 5.82. The molecular weight excluding hydrogens is 276 g/mol. The smallest absolute Gasteiger partial charge is 0.253 e. The summed E-state index contributed by atoms with van der Waals surface area (Å²) < 4.78 is 11.5. The van der Waals surface area contributed by atoms with Crippen LogP contribution in [-0.2, 0) is 13.0 Å². The minimum atomic E-state index is 0.285. The number of para-hydroxylation sites is 1. The van der Waals surface area contributed by atoms with Crippen molar-refractivity contribution in [2.24, 2.45) is 0 Å². The molecule has 0 saturated heterocycles. The zero-order chi connectivity index (χ0) is 15.4. The zero-order valence-electron chi connectivity index (χ0n) is 12.7. The van der Waals surface area contributed by atoms with Crippen LogP contribution >= 0.6 is 0 Å². The SMILES string of the molecule is Cc1cccc(C)c1OCc1nnc(Cc2ccccc2)o1. The number of nitrogens with zero attached hydrogens (tertiary/aromatic N) is 2. The van der Waals surface area contributed by atoms with E-state index in [0.717, 1.165) is 22.4 Å². The minimum absolute atomic E-state index is 0.285. The van der Waals surface area contributed by atoms with Gasteiger partial charge in [0.2, 0.25) is 5.89 Å². The molecule has 0 radical (unpaired) electrons. The molecular formula is C18H18N2O2. The first kappa shape index (κ1) is 14.3. The van der Waals surface area contributed by atoms with Crippen LogP contribution in [0.25, 0.3) is 0 Å². The van der Waals surface area contributed by atoms with E-state index in [4.69, 9.17) is 9.15 Å². The fraction of sp³-hybridized carbons (Fsp3) is 0.222. The molecule has 1 heterocycles. The van der Waals surface area contributed by atoms with Crippen molar-refractivity contribution in [3.8, 4) is 5.75 Å². The Hall–Kier alpha value is -2.62. The van der Waals surface area contributed by atoms with Crippen LogP contribution in [0.4, 0.5) is 0 Å². The standard InChI is InChI=1S/C18H18N2O2/c1-13-7-6-8-14(2)18(13)21-12-17-20-19-16(22-17)11-15-9-4-3-5-10-15/h3-10H,11-12H2,1-2H3. The molecule has 2 aromatic carbocycles. The summed E-state index contributed by atoms with van der Waals surface area (Å²) in [5.74, 6) is 1.98. The lowest BCUT2D eigenvalue weighted by atomic mass is 10.1. The van der Waals surface area contributed by atoms with Crippen LogP contribution in [0.15, 0.2) is 52.9 Å². The van der Waals surface area contributed by atoms with E-state index in [2.05, 4.69) is 10.2 Å². The highest BCUT2D eigenvalue weighted by molar-refractivity contribution is 5.39. The van der Waals surface area contributed by atoms with Crippen molar-refractivity contribution in [2.75, 3.05) is 0 Å². The van der Waals surface area contributed by atoms with Crippen LogP contribution < -0.4 is 4.74 Å². The van der Waals surface area contributed by atoms with Gasteiger partial charge in [0.15, 0.2) is 6.61 Å². The first-order chi connectivity index (χ1) is 10.7. The normalized spacial score (nSPS) is 10.6. The summed E-state index contributed by atoms with van der Waals surface area (Å²) in [4.78, 5) is 0. The molecule has 112 valence electrons. The molecule has 0 atom stereocenters. The number of aromatic nitrogens is 2. The van der Waals surface area contributed by atoms with Crippen LogP contribution in [0, 0.1) is 13.8 Å². The Balaban J connectivity index is 1.65. The molecule has 4 nitrogen and oxygen atoms in total. The second-order valence-electron chi connectivity index (χ2n) is 5.26. The Labute approximate surface area is 129 Å². The molecule has 1 aromatic heterocycles. The predicted octanol–water partition coefficient (Wildman–Crippen LogP) is 3.86. The third kappa shape index (κ3) is 3.34. The van der Waals surface area contributed by atoms with Crippen molar-refractivity contribution in [2.45, 2.75) is 26.9 Å². The van der Waals surface area contributed by atoms with Gasteiger partial charge < -0.3 is 9.15 Å². The summed E-state index contributed by atoms with van der Waals surface area (Å²) >= 11 is 0. The average molecular weight is 294 g/mol. The molecule has 0 aliphatic rings. The van der Waals surface area contributed by atoms with Gasteiger partial charge in [0, 0.05) is 0 Å². The third-order valence-corrected chi connectivity index (χ3v) is 3.46. The molecule has 0 aliphatic carbocycles. The Bertz CT molecular complexity index is 731. The molecule has 22 heavy (non-hydrogen) atoms. The summed E-state index contributed by atoms with van der Waals surface area (Å²) in [6.45, 7) is 4.33. The van der Waals surface area contributed by atoms with E-state index in [1.807, 2.05) is 62.4 Å². The number of hydrogen-bond acceptors (Lipinski definition) is 4. The molecule has 4 heteroatoms. The van der Waals surface area contributed by atoms with Crippen molar-refractivity contribution in [1.29, 1.82) is 0 Å². The van der Waals surface area contributed by atoms with E-state index in [0.29, 0.717) is 18.2 Å². The van der Waals surface area contributed by atoms with Gasteiger partial charge >= 0.3 is 0 Å². The zero-order valence-corrected chi connectivity index (χ0v) is 12.7. The van der Waals surface area contributed by atoms with Gasteiger partial charge in [-0.2, -0.15) is 0 Å². The Morgan fingerprint density at radius 3 is 2.27 bits per heavy atom. The highest BCUT2D eigenvalue weighted by Gasteiger charge is 2.09.